The summed E-state index contributed by atoms with van der Waals surface area (Å²) in [4.78, 5) is 13.8. The lowest BCUT2D eigenvalue weighted by Crippen LogP contribution is -2.36. The molecule has 0 saturated heterocycles. The van der Waals surface area contributed by atoms with Gasteiger partial charge >= 0.3 is 6.03 Å². The van der Waals surface area contributed by atoms with E-state index in [1.165, 1.54) is 0 Å². The lowest BCUT2D eigenvalue weighted by atomic mass is 10.2. The molecular weight excluding hydrogens is 292 g/mol. The van der Waals surface area contributed by atoms with Gasteiger partial charge in [-0.15, -0.1) is 0 Å². The van der Waals surface area contributed by atoms with Crippen molar-refractivity contribution in [3.05, 3.63) is 47.8 Å². The molecule has 0 unspecified atom stereocenters. The molecule has 0 radical (unpaired) electrons. The number of urea groups is 1. The average Bonchev–Trinajstić information content (AvgIpc) is 3.01. The molecule has 1 N–H and O–H groups in total. The second-order valence-corrected chi connectivity index (χ2v) is 5.44. The van der Waals surface area contributed by atoms with Crippen molar-refractivity contribution in [1.29, 1.82) is 0 Å². The van der Waals surface area contributed by atoms with Crippen molar-refractivity contribution in [2.45, 2.75) is 33.0 Å². The second kappa shape index (κ2) is 8.22. The van der Waals surface area contributed by atoms with Gasteiger partial charge in [-0.3, -0.25) is 4.68 Å². The van der Waals surface area contributed by atoms with Gasteiger partial charge < -0.3 is 15.0 Å². The summed E-state index contributed by atoms with van der Waals surface area (Å²) in [6.45, 7) is 3.96. The molecule has 0 aliphatic heterocycles. The van der Waals surface area contributed by atoms with Crippen molar-refractivity contribution in [2.24, 2.45) is 0 Å². The maximum absolute atomic E-state index is 12.2. The number of nitrogens with one attached hydrogen (secondary N) is 1. The number of nitrogens with zero attached hydrogens (tertiary/aromatic N) is 3. The fraction of sp³-hybridized carbons (Fsp3) is 0.412. The predicted octanol–water partition coefficient (Wildman–Crippen LogP) is 2.64. The summed E-state index contributed by atoms with van der Waals surface area (Å²) >= 11 is 0. The highest BCUT2D eigenvalue weighted by Crippen LogP contribution is 2.18. The first-order valence-corrected chi connectivity index (χ1v) is 7.76. The standard InChI is InChI=1S/C17H24N4O2/c1-4-9-21-12-14(11-19-21)10-18-17(22)20(2)13-15-7-5-6-8-16(15)23-3/h5-8,11-12H,4,9-10,13H2,1-3H3,(H,18,22). The quantitative estimate of drug-likeness (QED) is 0.854. The van der Waals surface area contributed by atoms with Gasteiger partial charge in [-0.1, -0.05) is 25.1 Å². The Kier molecular flexibility index (Phi) is 6.02. The molecule has 2 aromatic rings. The molecule has 0 aliphatic rings. The minimum Gasteiger partial charge on any atom is -0.496 e. The lowest BCUT2D eigenvalue weighted by Gasteiger charge is -2.19. The average molecular weight is 316 g/mol. The van der Waals surface area contributed by atoms with Crippen LogP contribution < -0.4 is 10.1 Å². The van der Waals surface area contributed by atoms with E-state index in [9.17, 15) is 4.79 Å². The van der Waals surface area contributed by atoms with E-state index in [4.69, 9.17) is 4.74 Å². The number of ether oxygens (including phenoxy) is 1. The molecule has 1 aromatic carbocycles. The number of rotatable bonds is 7. The maximum Gasteiger partial charge on any atom is 0.317 e. The molecule has 1 aromatic heterocycles. The van der Waals surface area contributed by atoms with Crippen molar-refractivity contribution < 1.29 is 9.53 Å². The summed E-state index contributed by atoms with van der Waals surface area (Å²) in [7, 11) is 3.40. The van der Waals surface area contributed by atoms with Gasteiger partial charge in [0.2, 0.25) is 0 Å². The maximum atomic E-state index is 12.2. The van der Waals surface area contributed by atoms with E-state index in [0.717, 1.165) is 29.8 Å². The molecule has 0 spiro atoms. The van der Waals surface area contributed by atoms with E-state index >= 15 is 0 Å². The van der Waals surface area contributed by atoms with Crippen LogP contribution in [-0.2, 0) is 19.6 Å². The Labute approximate surface area is 137 Å². The number of amides is 2. The lowest BCUT2D eigenvalue weighted by molar-refractivity contribution is 0.206. The monoisotopic (exact) mass is 316 g/mol. The Morgan fingerprint density at radius 2 is 2.17 bits per heavy atom. The van der Waals surface area contributed by atoms with Gasteiger partial charge in [0.05, 0.1) is 19.9 Å². The number of para-hydroxylation sites is 1. The number of methoxy groups -OCH3 is 1. The largest absolute Gasteiger partial charge is 0.496 e. The Hall–Kier alpha value is -2.50. The van der Waals surface area contributed by atoms with Crippen molar-refractivity contribution in [3.8, 4) is 5.75 Å². The molecule has 0 fully saturated rings. The van der Waals surface area contributed by atoms with Gasteiger partial charge in [-0.2, -0.15) is 5.10 Å². The zero-order valence-electron chi connectivity index (χ0n) is 14.0. The molecule has 0 atom stereocenters. The molecule has 0 aliphatic carbocycles. The van der Waals surface area contributed by atoms with Crippen LogP contribution >= 0.6 is 0 Å². The van der Waals surface area contributed by atoms with Crippen LogP contribution in [0.2, 0.25) is 0 Å². The minimum absolute atomic E-state index is 0.126. The summed E-state index contributed by atoms with van der Waals surface area (Å²) in [6.07, 6.45) is 4.79. The smallest absolute Gasteiger partial charge is 0.317 e. The molecular formula is C17H24N4O2. The summed E-state index contributed by atoms with van der Waals surface area (Å²) in [6, 6.07) is 7.57. The zero-order valence-corrected chi connectivity index (χ0v) is 14.0. The first-order valence-electron chi connectivity index (χ1n) is 7.76. The molecule has 6 nitrogen and oxygen atoms in total. The van der Waals surface area contributed by atoms with Crippen molar-refractivity contribution in [2.75, 3.05) is 14.2 Å². The van der Waals surface area contributed by atoms with Crippen molar-refractivity contribution >= 4 is 6.03 Å². The SMILES string of the molecule is CCCn1cc(CNC(=O)N(C)Cc2ccccc2OC)cn1. The van der Waals surface area contributed by atoms with Gasteiger partial charge in [0.25, 0.3) is 0 Å². The Morgan fingerprint density at radius 3 is 2.91 bits per heavy atom. The zero-order chi connectivity index (χ0) is 16.7. The molecule has 23 heavy (non-hydrogen) atoms. The van der Waals surface area contributed by atoms with E-state index in [1.807, 2.05) is 35.1 Å². The Bertz CT molecular complexity index is 639. The summed E-state index contributed by atoms with van der Waals surface area (Å²) in [5.41, 5.74) is 1.97. The number of carbonyl (C=O) groups is 1. The van der Waals surface area contributed by atoms with Crippen LogP contribution in [0.25, 0.3) is 0 Å². The van der Waals surface area contributed by atoms with Crippen LogP contribution in [0, 0.1) is 0 Å². The highest BCUT2D eigenvalue weighted by atomic mass is 16.5. The topological polar surface area (TPSA) is 59.4 Å². The van der Waals surface area contributed by atoms with Gasteiger partial charge in [-0.25, -0.2) is 4.79 Å². The Morgan fingerprint density at radius 1 is 1.39 bits per heavy atom. The molecule has 1 heterocycles. The number of benzene rings is 1. The number of hydrogen-bond donors (Lipinski definition) is 1. The predicted molar refractivity (Wildman–Crippen MR) is 89.2 cm³/mol. The fourth-order valence-corrected chi connectivity index (χ4v) is 2.32. The molecule has 2 rings (SSSR count). The fourth-order valence-electron chi connectivity index (χ4n) is 2.32. The van der Waals surface area contributed by atoms with Crippen molar-refractivity contribution in [1.82, 2.24) is 20.0 Å². The third-order valence-corrected chi connectivity index (χ3v) is 3.53. The van der Waals surface area contributed by atoms with E-state index in [1.54, 1.807) is 25.3 Å². The van der Waals surface area contributed by atoms with Crippen LogP contribution in [0.15, 0.2) is 36.7 Å². The molecule has 0 bridgehead atoms. The first-order chi connectivity index (χ1) is 11.1. The van der Waals surface area contributed by atoms with Crippen LogP contribution in [-0.4, -0.2) is 34.9 Å². The van der Waals surface area contributed by atoms with Gasteiger partial charge in [0.1, 0.15) is 5.75 Å². The third kappa shape index (κ3) is 4.74. The second-order valence-electron chi connectivity index (χ2n) is 5.44. The normalized spacial score (nSPS) is 10.4. The van der Waals surface area contributed by atoms with E-state index < -0.39 is 0 Å². The number of aromatic nitrogens is 2. The van der Waals surface area contributed by atoms with E-state index in [0.29, 0.717) is 13.1 Å². The minimum atomic E-state index is -0.126. The molecule has 0 saturated carbocycles. The molecule has 2 amide bonds. The number of hydrogen-bond acceptors (Lipinski definition) is 3. The van der Waals surface area contributed by atoms with Crippen LogP contribution in [0.1, 0.15) is 24.5 Å². The summed E-state index contributed by atoms with van der Waals surface area (Å²) in [5.74, 6) is 0.785. The summed E-state index contributed by atoms with van der Waals surface area (Å²) in [5, 5.41) is 7.16. The van der Waals surface area contributed by atoms with Crippen LogP contribution in [0.4, 0.5) is 4.79 Å². The molecule has 124 valence electrons. The number of aryl methyl sites for hydroxylation is 1. The molecule has 6 heteroatoms. The highest BCUT2D eigenvalue weighted by Gasteiger charge is 2.11. The third-order valence-electron chi connectivity index (χ3n) is 3.53. The number of carbonyl (C=O) groups excluding carboxylic acids is 1. The highest BCUT2D eigenvalue weighted by molar-refractivity contribution is 5.73. The van der Waals surface area contributed by atoms with E-state index in [-0.39, 0.29) is 6.03 Å². The van der Waals surface area contributed by atoms with Crippen LogP contribution in [0.3, 0.4) is 0 Å². The first kappa shape index (κ1) is 16.9. The summed E-state index contributed by atoms with van der Waals surface area (Å²) < 4.78 is 7.20. The van der Waals surface area contributed by atoms with Gasteiger partial charge in [0, 0.05) is 37.5 Å². The van der Waals surface area contributed by atoms with Gasteiger partial charge in [0.15, 0.2) is 0 Å². The van der Waals surface area contributed by atoms with Gasteiger partial charge in [-0.05, 0) is 12.5 Å². The van der Waals surface area contributed by atoms with Crippen molar-refractivity contribution in [3.63, 3.8) is 0 Å². The van der Waals surface area contributed by atoms with E-state index in [2.05, 4.69) is 17.3 Å². The Balaban J connectivity index is 1.87. The van der Waals surface area contributed by atoms with Crippen LogP contribution in [0.5, 0.6) is 5.75 Å².